The fraction of sp³-hybridized carbons (Fsp3) is 0.929. The van der Waals surface area contributed by atoms with Gasteiger partial charge in [0, 0.05) is 18.9 Å². The minimum Gasteiger partial charge on any atom is -0.306 e. The third kappa shape index (κ3) is 3.89. The molecule has 1 fully saturated rings. The van der Waals surface area contributed by atoms with E-state index in [0.29, 0.717) is 17.6 Å². The number of nitrogens with zero attached hydrogens (tertiary/aromatic N) is 1. The SMILES string of the molecule is CCCCN(C)CC1C(=O)CC(C)CC1C. The molecule has 0 aromatic rings. The maximum atomic E-state index is 12.0. The second kappa shape index (κ2) is 6.39. The van der Waals surface area contributed by atoms with Crippen LogP contribution in [0.25, 0.3) is 0 Å². The fourth-order valence-electron chi connectivity index (χ4n) is 2.83. The Bertz CT molecular complexity index is 227. The highest BCUT2D eigenvalue weighted by Gasteiger charge is 2.32. The first-order valence-corrected chi connectivity index (χ1v) is 6.75. The summed E-state index contributed by atoms with van der Waals surface area (Å²) in [7, 11) is 2.15. The third-order valence-corrected chi connectivity index (χ3v) is 3.83. The van der Waals surface area contributed by atoms with Crippen LogP contribution in [0.2, 0.25) is 0 Å². The topological polar surface area (TPSA) is 20.3 Å². The van der Waals surface area contributed by atoms with Gasteiger partial charge in [-0.15, -0.1) is 0 Å². The van der Waals surface area contributed by atoms with Crippen LogP contribution in [0.4, 0.5) is 0 Å². The van der Waals surface area contributed by atoms with Crippen LogP contribution in [0.15, 0.2) is 0 Å². The van der Waals surface area contributed by atoms with Gasteiger partial charge in [0.1, 0.15) is 5.78 Å². The number of hydrogen-bond donors (Lipinski definition) is 0. The summed E-state index contributed by atoms with van der Waals surface area (Å²) in [5.74, 6) is 1.95. The van der Waals surface area contributed by atoms with Gasteiger partial charge < -0.3 is 4.90 Å². The van der Waals surface area contributed by atoms with E-state index in [1.165, 1.54) is 19.3 Å². The van der Waals surface area contributed by atoms with Crippen molar-refractivity contribution in [2.75, 3.05) is 20.1 Å². The summed E-state index contributed by atoms with van der Waals surface area (Å²) in [6.45, 7) is 8.75. The van der Waals surface area contributed by atoms with Gasteiger partial charge in [-0.25, -0.2) is 0 Å². The predicted molar refractivity (Wildman–Crippen MR) is 68.5 cm³/mol. The van der Waals surface area contributed by atoms with Crippen LogP contribution in [-0.4, -0.2) is 30.8 Å². The van der Waals surface area contributed by atoms with Crippen LogP contribution in [0, 0.1) is 17.8 Å². The highest BCUT2D eigenvalue weighted by molar-refractivity contribution is 5.82. The molecule has 0 radical (unpaired) electrons. The molecule has 2 heteroatoms. The lowest BCUT2D eigenvalue weighted by atomic mass is 9.74. The van der Waals surface area contributed by atoms with Gasteiger partial charge in [0.15, 0.2) is 0 Å². The van der Waals surface area contributed by atoms with E-state index in [-0.39, 0.29) is 5.92 Å². The average Bonchev–Trinajstić information content (AvgIpc) is 2.20. The van der Waals surface area contributed by atoms with Crippen molar-refractivity contribution in [3.05, 3.63) is 0 Å². The normalized spacial score (nSPS) is 31.1. The van der Waals surface area contributed by atoms with Crippen molar-refractivity contribution in [1.29, 1.82) is 0 Å². The molecule has 0 saturated heterocycles. The zero-order valence-electron chi connectivity index (χ0n) is 11.3. The van der Waals surface area contributed by atoms with Gasteiger partial charge in [0.2, 0.25) is 0 Å². The Labute approximate surface area is 100 Å². The lowest BCUT2D eigenvalue weighted by Gasteiger charge is -2.33. The number of carbonyl (C=O) groups is 1. The maximum Gasteiger partial charge on any atom is 0.137 e. The van der Waals surface area contributed by atoms with Gasteiger partial charge in [-0.1, -0.05) is 27.2 Å². The molecule has 1 aliphatic rings. The van der Waals surface area contributed by atoms with Crippen LogP contribution < -0.4 is 0 Å². The van der Waals surface area contributed by atoms with Crippen LogP contribution in [0.1, 0.15) is 46.5 Å². The summed E-state index contributed by atoms with van der Waals surface area (Å²) < 4.78 is 0. The second-order valence-electron chi connectivity index (χ2n) is 5.71. The molecular weight excluding hydrogens is 198 g/mol. The minimum atomic E-state index is 0.290. The first-order valence-electron chi connectivity index (χ1n) is 6.75. The molecule has 0 amide bonds. The first-order chi connectivity index (χ1) is 7.54. The van der Waals surface area contributed by atoms with Crippen molar-refractivity contribution in [2.24, 2.45) is 17.8 Å². The Morgan fingerprint density at radius 3 is 2.62 bits per heavy atom. The van der Waals surface area contributed by atoms with Crippen LogP contribution in [-0.2, 0) is 4.79 Å². The van der Waals surface area contributed by atoms with E-state index in [4.69, 9.17) is 0 Å². The number of Topliss-reactive ketones (excluding diaryl/α,β-unsaturated/α-hetero) is 1. The molecule has 1 saturated carbocycles. The van der Waals surface area contributed by atoms with E-state index in [1.807, 2.05) is 0 Å². The van der Waals surface area contributed by atoms with Crippen molar-refractivity contribution in [3.63, 3.8) is 0 Å². The Morgan fingerprint density at radius 2 is 2.06 bits per heavy atom. The fourth-order valence-corrected chi connectivity index (χ4v) is 2.83. The first kappa shape index (κ1) is 13.7. The summed E-state index contributed by atoms with van der Waals surface area (Å²) in [6, 6.07) is 0. The van der Waals surface area contributed by atoms with Crippen molar-refractivity contribution < 1.29 is 4.79 Å². The molecule has 0 aromatic carbocycles. The van der Waals surface area contributed by atoms with Crippen molar-refractivity contribution >= 4 is 5.78 Å². The molecule has 0 spiro atoms. The van der Waals surface area contributed by atoms with Crippen molar-refractivity contribution in [1.82, 2.24) is 4.90 Å². The van der Waals surface area contributed by atoms with Gasteiger partial charge >= 0.3 is 0 Å². The Balaban J connectivity index is 2.42. The molecule has 0 N–H and O–H groups in total. The molecule has 3 unspecified atom stereocenters. The lowest BCUT2D eigenvalue weighted by Crippen LogP contribution is -2.39. The summed E-state index contributed by atoms with van der Waals surface area (Å²) >= 11 is 0. The quantitative estimate of drug-likeness (QED) is 0.717. The van der Waals surface area contributed by atoms with E-state index >= 15 is 0 Å². The van der Waals surface area contributed by atoms with Crippen LogP contribution in [0.5, 0.6) is 0 Å². The molecular formula is C14H27NO. The lowest BCUT2D eigenvalue weighted by molar-refractivity contribution is -0.128. The Morgan fingerprint density at radius 1 is 1.38 bits per heavy atom. The van der Waals surface area contributed by atoms with E-state index < -0.39 is 0 Å². The molecule has 0 heterocycles. The third-order valence-electron chi connectivity index (χ3n) is 3.83. The minimum absolute atomic E-state index is 0.290. The van der Waals surface area contributed by atoms with E-state index in [2.05, 4.69) is 32.7 Å². The van der Waals surface area contributed by atoms with Gasteiger partial charge in [0.05, 0.1) is 0 Å². The predicted octanol–water partition coefficient (Wildman–Crippen LogP) is 2.97. The highest BCUT2D eigenvalue weighted by atomic mass is 16.1. The van der Waals surface area contributed by atoms with E-state index in [1.54, 1.807) is 0 Å². The maximum absolute atomic E-state index is 12.0. The summed E-state index contributed by atoms with van der Waals surface area (Å²) in [6.07, 6.45) is 4.49. The van der Waals surface area contributed by atoms with E-state index in [0.717, 1.165) is 19.5 Å². The van der Waals surface area contributed by atoms with Crippen molar-refractivity contribution in [2.45, 2.75) is 46.5 Å². The number of rotatable bonds is 5. The number of hydrogen-bond acceptors (Lipinski definition) is 2. The Kier molecular flexibility index (Phi) is 5.47. The van der Waals surface area contributed by atoms with Gasteiger partial charge in [-0.3, -0.25) is 4.79 Å². The molecule has 16 heavy (non-hydrogen) atoms. The molecule has 0 aliphatic heterocycles. The second-order valence-corrected chi connectivity index (χ2v) is 5.71. The summed E-state index contributed by atoms with van der Waals surface area (Å²) in [5, 5.41) is 0. The number of unbranched alkanes of at least 4 members (excludes halogenated alkanes) is 1. The standard InChI is InChI=1S/C14H27NO/c1-5-6-7-15(4)10-13-12(3)8-11(2)9-14(13)16/h11-13H,5-10H2,1-4H3. The van der Waals surface area contributed by atoms with Gasteiger partial charge in [-0.05, 0) is 38.3 Å². The Hall–Kier alpha value is -0.370. The largest absolute Gasteiger partial charge is 0.306 e. The summed E-state index contributed by atoms with van der Waals surface area (Å²) in [5.41, 5.74) is 0. The monoisotopic (exact) mass is 225 g/mol. The molecule has 1 aliphatic carbocycles. The van der Waals surface area contributed by atoms with Gasteiger partial charge in [-0.2, -0.15) is 0 Å². The molecule has 0 bridgehead atoms. The molecule has 94 valence electrons. The zero-order chi connectivity index (χ0) is 12.1. The summed E-state index contributed by atoms with van der Waals surface area (Å²) in [4.78, 5) is 14.3. The van der Waals surface area contributed by atoms with E-state index in [9.17, 15) is 4.79 Å². The van der Waals surface area contributed by atoms with Crippen LogP contribution >= 0.6 is 0 Å². The molecule has 3 atom stereocenters. The number of carbonyl (C=O) groups excluding carboxylic acids is 1. The van der Waals surface area contributed by atoms with Crippen LogP contribution in [0.3, 0.4) is 0 Å². The molecule has 1 rings (SSSR count). The molecule has 2 nitrogen and oxygen atoms in total. The average molecular weight is 225 g/mol. The van der Waals surface area contributed by atoms with Crippen molar-refractivity contribution in [3.8, 4) is 0 Å². The smallest absolute Gasteiger partial charge is 0.137 e. The zero-order valence-corrected chi connectivity index (χ0v) is 11.3. The highest BCUT2D eigenvalue weighted by Crippen LogP contribution is 2.31. The number of ketones is 1. The molecule has 0 aromatic heterocycles. The van der Waals surface area contributed by atoms with Gasteiger partial charge in [0.25, 0.3) is 0 Å².